The van der Waals surface area contributed by atoms with Crippen LogP contribution in [-0.2, 0) is 9.59 Å². The first kappa shape index (κ1) is 11.6. The highest BCUT2D eigenvalue weighted by Gasteiger charge is 2.40. The lowest BCUT2D eigenvalue weighted by Gasteiger charge is -2.40. The smallest absolute Gasteiger partial charge is 0.229 e. The Hall–Kier alpha value is -0.900. The highest BCUT2D eigenvalue weighted by molar-refractivity contribution is 6.02. The number of hydrogen-bond acceptors (Lipinski definition) is 3. The second-order valence-electron chi connectivity index (χ2n) is 5.04. The number of imide groups is 1. The van der Waals surface area contributed by atoms with Crippen LogP contribution in [0.25, 0.3) is 0 Å². The van der Waals surface area contributed by atoms with E-state index in [4.69, 9.17) is 0 Å². The molecule has 1 aliphatic carbocycles. The third-order valence-corrected chi connectivity index (χ3v) is 3.78. The van der Waals surface area contributed by atoms with Crippen LogP contribution in [0, 0.1) is 0 Å². The van der Waals surface area contributed by atoms with Gasteiger partial charge in [-0.2, -0.15) is 0 Å². The number of amides is 2. The van der Waals surface area contributed by atoms with E-state index in [9.17, 15) is 9.59 Å². The van der Waals surface area contributed by atoms with Gasteiger partial charge in [0.05, 0.1) is 6.04 Å². The first-order valence-corrected chi connectivity index (χ1v) is 6.12. The number of likely N-dealkylation sites (tertiary alicyclic amines) is 1. The standard InChI is InChI=1S/C12H20N2O2/c1-13(2)9-5-3-4-6-10(9)14-11(15)7-8-12(14)16/h9-10H,3-8H2,1-2H3. The predicted molar refractivity (Wildman–Crippen MR) is 60.8 cm³/mol. The number of likely N-dealkylation sites (N-methyl/N-ethyl adjacent to an activating group) is 1. The Kier molecular flexibility index (Phi) is 3.28. The minimum atomic E-state index is 0.0313. The van der Waals surface area contributed by atoms with Crippen LogP contribution >= 0.6 is 0 Å². The van der Waals surface area contributed by atoms with Crippen LogP contribution in [0.2, 0.25) is 0 Å². The lowest BCUT2D eigenvalue weighted by molar-refractivity contribution is -0.143. The molecule has 2 amide bonds. The lowest BCUT2D eigenvalue weighted by atomic mass is 9.88. The van der Waals surface area contributed by atoms with Crippen LogP contribution in [0.1, 0.15) is 38.5 Å². The molecule has 16 heavy (non-hydrogen) atoms. The first-order valence-electron chi connectivity index (χ1n) is 6.12. The van der Waals surface area contributed by atoms with E-state index < -0.39 is 0 Å². The topological polar surface area (TPSA) is 40.6 Å². The molecular weight excluding hydrogens is 204 g/mol. The minimum Gasteiger partial charge on any atom is -0.304 e. The van der Waals surface area contributed by atoms with Gasteiger partial charge in [-0.15, -0.1) is 0 Å². The van der Waals surface area contributed by atoms with E-state index in [1.165, 1.54) is 6.42 Å². The predicted octanol–water partition coefficient (Wildman–Crippen LogP) is 1.01. The molecule has 4 heteroatoms. The summed E-state index contributed by atoms with van der Waals surface area (Å²) >= 11 is 0. The van der Waals surface area contributed by atoms with Crippen molar-refractivity contribution in [2.75, 3.05) is 14.1 Å². The Morgan fingerprint density at radius 1 is 1.06 bits per heavy atom. The van der Waals surface area contributed by atoms with E-state index in [0.29, 0.717) is 18.9 Å². The molecule has 4 nitrogen and oxygen atoms in total. The average molecular weight is 224 g/mol. The molecule has 90 valence electrons. The van der Waals surface area contributed by atoms with Crippen molar-refractivity contribution in [2.45, 2.75) is 50.6 Å². The Balaban J connectivity index is 2.16. The third kappa shape index (κ3) is 1.98. The number of hydrogen-bond donors (Lipinski definition) is 0. The van der Waals surface area contributed by atoms with Crippen LogP contribution in [0.15, 0.2) is 0 Å². The quantitative estimate of drug-likeness (QED) is 0.657. The van der Waals surface area contributed by atoms with Crippen LogP contribution in [0.3, 0.4) is 0 Å². The van der Waals surface area contributed by atoms with E-state index in [0.717, 1.165) is 19.3 Å². The van der Waals surface area contributed by atoms with E-state index in [-0.39, 0.29) is 17.9 Å². The molecule has 0 aromatic rings. The molecule has 2 aliphatic rings. The van der Waals surface area contributed by atoms with Gasteiger partial charge in [-0.25, -0.2) is 0 Å². The van der Waals surface area contributed by atoms with Crippen molar-refractivity contribution in [2.24, 2.45) is 0 Å². The molecule has 1 saturated carbocycles. The first-order chi connectivity index (χ1) is 7.61. The molecule has 2 fully saturated rings. The van der Waals surface area contributed by atoms with Crippen LogP contribution in [0.4, 0.5) is 0 Å². The largest absolute Gasteiger partial charge is 0.304 e. The fraction of sp³-hybridized carbons (Fsp3) is 0.833. The summed E-state index contributed by atoms with van der Waals surface area (Å²) in [6, 6.07) is 0.464. The van der Waals surface area contributed by atoms with Crippen molar-refractivity contribution >= 4 is 11.8 Å². The fourth-order valence-electron chi connectivity index (χ4n) is 2.96. The Morgan fingerprint density at radius 3 is 2.19 bits per heavy atom. The van der Waals surface area contributed by atoms with E-state index in [1.807, 2.05) is 14.1 Å². The van der Waals surface area contributed by atoms with E-state index in [1.54, 1.807) is 4.90 Å². The van der Waals surface area contributed by atoms with Gasteiger partial charge in [0, 0.05) is 18.9 Å². The number of carbonyl (C=O) groups is 2. The zero-order chi connectivity index (χ0) is 11.7. The SMILES string of the molecule is CN(C)C1CCCCC1N1C(=O)CCC1=O. The number of nitrogens with zero attached hydrogens (tertiary/aromatic N) is 2. The van der Waals surface area contributed by atoms with E-state index in [2.05, 4.69) is 4.90 Å². The molecule has 0 spiro atoms. The third-order valence-electron chi connectivity index (χ3n) is 3.78. The van der Waals surface area contributed by atoms with Gasteiger partial charge in [-0.05, 0) is 26.9 Å². The maximum absolute atomic E-state index is 11.7. The van der Waals surface area contributed by atoms with Gasteiger partial charge in [0.1, 0.15) is 0 Å². The zero-order valence-corrected chi connectivity index (χ0v) is 10.1. The fourth-order valence-corrected chi connectivity index (χ4v) is 2.96. The highest BCUT2D eigenvalue weighted by Crippen LogP contribution is 2.29. The molecule has 0 radical (unpaired) electrons. The summed E-state index contributed by atoms with van der Waals surface area (Å²) in [6.45, 7) is 0. The van der Waals surface area contributed by atoms with Gasteiger partial charge in [-0.1, -0.05) is 12.8 Å². The van der Waals surface area contributed by atoms with Crippen molar-refractivity contribution in [3.8, 4) is 0 Å². The second-order valence-corrected chi connectivity index (χ2v) is 5.04. The molecular formula is C12H20N2O2. The molecule has 0 aromatic carbocycles. The van der Waals surface area contributed by atoms with Crippen LogP contribution in [-0.4, -0.2) is 47.8 Å². The van der Waals surface area contributed by atoms with Crippen molar-refractivity contribution < 1.29 is 9.59 Å². The summed E-state index contributed by atoms with van der Waals surface area (Å²) in [7, 11) is 4.07. The van der Waals surface area contributed by atoms with Gasteiger partial charge in [0.15, 0.2) is 0 Å². The Morgan fingerprint density at radius 2 is 1.62 bits per heavy atom. The summed E-state index contributed by atoms with van der Waals surface area (Å²) in [6.07, 6.45) is 5.22. The maximum Gasteiger partial charge on any atom is 0.229 e. The summed E-state index contributed by atoms with van der Waals surface area (Å²) in [5, 5.41) is 0. The summed E-state index contributed by atoms with van der Waals surface area (Å²) in [5.74, 6) is 0.0625. The molecule has 0 N–H and O–H groups in total. The normalized spacial score (nSPS) is 31.6. The van der Waals surface area contributed by atoms with Gasteiger partial charge in [0.2, 0.25) is 11.8 Å². The zero-order valence-electron chi connectivity index (χ0n) is 10.1. The molecule has 1 aliphatic heterocycles. The maximum atomic E-state index is 11.7. The van der Waals surface area contributed by atoms with Crippen molar-refractivity contribution in [3.63, 3.8) is 0 Å². The molecule has 1 saturated heterocycles. The van der Waals surface area contributed by atoms with Crippen molar-refractivity contribution in [1.82, 2.24) is 9.80 Å². The monoisotopic (exact) mass is 224 g/mol. The Labute approximate surface area is 96.6 Å². The number of carbonyl (C=O) groups excluding carboxylic acids is 2. The average Bonchev–Trinajstić information content (AvgIpc) is 2.58. The highest BCUT2D eigenvalue weighted by atomic mass is 16.2. The van der Waals surface area contributed by atoms with Crippen LogP contribution < -0.4 is 0 Å². The molecule has 2 rings (SSSR count). The van der Waals surface area contributed by atoms with Gasteiger partial charge in [0.25, 0.3) is 0 Å². The molecule has 1 heterocycles. The van der Waals surface area contributed by atoms with E-state index >= 15 is 0 Å². The summed E-state index contributed by atoms with van der Waals surface area (Å²) < 4.78 is 0. The van der Waals surface area contributed by atoms with Crippen molar-refractivity contribution in [3.05, 3.63) is 0 Å². The van der Waals surface area contributed by atoms with Gasteiger partial charge in [-0.3, -0.25) is 14.5 Å². The second kappa shape index (κ2) is 4.53. The number of rotatable bonds is 2. The summed E-state index contributed by atoms with van der Waals surface area (Å²) in [4.78, 5) is 27.2. The van der Waals surface area contributed by atoms with Crippen LogP contribution in [0.5, 0.6) is 0 Å². The minimum absolute atomic E-state index is 0.0313. The Bertz CT molecular complexity index is 285. The molecule has 2 atom stereocenters. The molecule has 0 aromatic heterocycles. The van der Waals surface area contributed by atoms with Crippen molar-refractivity contribution in [1.29, 1.82) is 0 Å². The van der Waals surface area contributed by atoms with Gasteiger partial charge >= 0.3 is 0 Å². The molecule has 2 unspecified atom stereocenters. The summed E-state index contributed by atoms with van der Waals surface area (Å²) in [5.41, 5.74) is 0. The van der Waals surface area contributed by atoms with Gasteiger partial charge < -0.3 is 4.90 Å². The molecule has 0 bridgehead atoms. The lowest BCUT2D eigenvalue weighted by Crippen LogP contribution is -2.53.